The highest BCUT2D eigenvalue weighted by molar-refractivity contribution is 7.89. The van der Waals surface area contributed by atoms with Crippen LogP contribution in [0.5, 0.6) is 0 Å². The van der Waals surface area contributed by atoms with Gasteiger partial charge in [0.2, 0.25) is 10.0 Å². The third kappa shape index (κ3) is 6.81. The zero-order chi connectivity index (χ0) is 18.9. The van der Waals surface area contributed by atoms with Crippen molar-refractivity contribution in [2.45, 2.75) is 25.2 Å². The van der Waals surface area contributed by atoms with Crippen molar-refractivity contribution >= 4 is 21.9 Å². The van der Waals surface area contributed by atoms with E-state index in [2.05, 4.69) is 10.0 Å². The normalized spacial score (nSPS) is 11.2. The molecule has 0 aromatic heterocycles. The predicted molar refractivity (Wildman–Crippen MR) is 91.8 cm³/mol. The standard InChI is InChI=1S/C16H24N2O6S/c1-4-24-15(19)7-8-17-16(20)14-11-13(6-5-12(14)2)25(21,22)18-9-10-23-3/h5-6,11,18H,4,7-10H2,1-3H3,(H,17,20). The lowest BCUT2D eigenvalue weighted by Gasteiger charge is -2.11. The second kappa shape index (κ2) is 10.1. The number of nitrogens with one attached hydrogen (secondary N) is 2. The van der Waals surface area contributed by atoms with Crippen molar-refractivity contribution in [1.29, 1.82) is 0 Å². The smallest absolute Gasteiger partial charge is 0.307 e. The molecule has 25 heavy (non-hydrogen) atoms. The van der Waals surface area contributed by atoms with Crippen LogP contribution in [0.25, 0.3) is 0 Å². The molecule has 0 spiro atoms. The monoisotopic (exact) mass is 372 g/mol. The van der Waals surface area contributed by atoms with Crippen LogP contribution >= 0.6 is 0 Å². The van der Waals surface area contributed by atoms with Crippen molar-refractivity contribution in [2.75, 3.05) is 33.4 Å². The molecule has 0 aliphatic heterocycles. The van der Waals surface area contributed by atoms with E-state index in [1.54, 1.807) is 19.9 Å². The molecule has 0 fully saturated rings. The summed E-state index contributed by atoms with van der Waals surface area (Å²) in [5.41, 5.74) is 0.864. The maximum Gasteiger partial charge on any atom is 0.307 e. The van der Waals surface area contributed by atoms with Crippen LogP contribution in [-0.4, -0.2) is 53.7 Å². The first kappa shape index (κ1) is 21.1. The van der Waals surface area contributed by atoms with Gasteiger partial charge in [-0.15, -0.1) is 0 Å². The summed E-state index contributed by atoms with van der Waals surface area (Å²) < 4.78 is 36.4. The Kier molecular flexibility index (Phi) is 8.53. The van der Waals surface area contributed by atoms with E-state index < -0.39 is 21.9 Å². The molecule has 0 bridgehead atoms. The zero-order valence-electron chi connectivity index (χ0n) is 14.6. The number of methoxy groups -OCH3 is 1. The predicted octanol–water partition coefficient (Wildman–Crippen LogP) is 0.603. The summed E-state index contributed by atoms with van der Waals surface area (Å²) in [4.78, 5) is 23.5. The van der Waals surface area contributed by atoms with Crippen molar-refractivity contribution in [2.24, 2.45) is 0 Å². The highest BCUT2D eigenvalue weighted by atomic mass is 32.2. The van der Waals surface area contributed by atoms with E-state index in [9.17, 15) is 18.0 Å². The van der Waals surface area contributed by atoms with Gasteiger partial charge in [-0.2, -0.15) is 0 Å². The Labute approximate surface area is 147 Å². The molecule has 0 heterocycles. The van der Waals surface area contributed by atoms with Gasteiger partial charge in [-0.05, 0) is 31.5 Å². The Bertz CT molecular complexity index is 703. The first-order valence-electron chi connectivity index (χ1n) is 7.85. The van der Waals surface area contributed by atoms with Gasteiger partial charge < -0.3 is 14.8 Å². The van der Waals surface area contributed by atoms with Crippen LogP contribution in [0.3, 0.4) is 0 Å². The highest BCUT2D eigenvalue weighted by Crippen LogP contribution is 2.15. The molecule has 1 amide bonds. The fourth-order valence-corrected chi connectivity index (χ4v) is 3.02. The fourth-order valence-electron chi connectivity index (χ4n) is 1.98. The fraction of sp³-hybridized carbons (Fsp3) is 0.500. The average molecular weight is 372 g/mol. The summed E-state index contributed by atoms with van der Waals surface area (Å²) >= 11 is 0. The van der Waals surface area contributed by atoms with Gasteiger partial charge in [0.25, 0.3) is 5.91 Å². The van der Waals surface area contributed by atoms with E-state index in [1.807, 2.05) is 0 Å². The van der Waals surface area contributed by atoms with Gasteiger partial charge in [-0.3, -0.25) is 9.59 Å². The van der Waals surface area contributed by atoms with E-state index >= 15 is 0 Å². The number of rotatable bonds is 10. The van der Waals surface area contributed by atoms with Crippen LogP contribution in [0.4, 0.5) is 0 Å². The van der Waals surface area contributed by atoms with Crippen molar-refractivity contribution in [3.05, 3.63) is 29.3 Å². The Morgan fingerprint density at radius 3 is 2.56 bits per heavy atom. The van der Waals surface area contributed by atoms with Crippen LogP contribution in [0.1, 0.15) is 29.3 Å². The van der Waals surface area contributed by atoms with Crippen LogP contribution in [0, 0.1) is 6.92 Å². The number of sulfonamides is 1. The molecule has 2 N–H and O–H groups in total. The summed E-state index contributed by atoms with van der Waals surface area (Å²) in [6.07, 6.45) is 0.0508. The Hall–Kier alpha value is -1.97. The molecule has 0 saturated carbocycles. The number of carbonyl (C=O) groups excluding carboxylic acids is 2. The molecule has 0 unspecified atom stereocenters. The minimum atomic E-state index is -3.73. The molecular formula is C16H24N2O6S. The summed E-state index contributed by atoms with van der Waals surface area (Å²) in [7, 11) is -2.26. The highest BCUT2D eigenvalue weighted by Gasteiger charge is 2.17. The molecule has 1 rings (SSSR count). The van der Waals surface area contributed by atoms with Gasteiger partial charge in [-0.25, -0.2) is 13.1 Å². The van der Waals surface area contributed by atoms with Gasteiger partial charge in [0, 0.05) is 25.8 Å². The van der Waals surface area contributed by atoms with Crippen molar-refractivity contribution in [1.82, 2.24) is 10.0 Å². The van der Waals surface area contributed by atoms with E-state index in [0.717, 1.165) is 0 Å². The molecule has 0 aliphatic carbocycles. The number of amides is 1. The molecule has 0 radical (unpaired) electrons. The zero-order valence-corrected chi connectivity index (χ0v) is 15.4. The third-order valence-electron chi connectivity index (χ3n) is 3.28. The molecule has 0 atom stereocenters. The number of aryl methyl sites for hydroxylation is 1. The first-order valence-corrected chi connectivity index (χ1v) is 9.33. The average Bonchev–Trinajstić information content (AvgIpc) is 2.55. The molecule has 0 saturated heterocycles. The maximum atomic E-state index is 12.2. The number of ether oxygens (including phenoxy) is 2. The number of hydrogen-bond donors (Lipinski definition) is 2. The summed E-state index contributed by atoms with van der Waals surface area (Å²) in [6, 6.07) is 4.30. The van der Waals surface area contributed by atoms with Crippen molar-refractivity contribution < 1.29 is 27.5 Å². The van der Waals surface area contributed by atoms with Crippen LogP contribution in [-0.2, 0) is 24.3 Å². The van der Waals surface area contributed by atoms with Gasteiger partial charge in [0.05, 0.1) is 24.5 Å². The number of benzene rings is 1. The number of hydrogen-bond acceptors (Lipinski definition) is 6. The van der Waals surface area contributed by atoms with E-state index in [-0.39, 0.29) is 43.2 Å². The second-order valence-electron chi connectivity index (χ2n) is 5.18. The van der Waals surface area contributed by atoms with E-state index in [1.165, 1.54) is 19.2 Å². The molecular weight excluding hydrogens is 348 g/mol. The van der Waals surface area contributed by atoms with E-state index in [4.69, 9.17) is 9.47 Å². The number of esters is 1. The molecule has 1 aromatic rings. The molecule has 8 nitrogen and oxygen atoms in total. The van der Waals surface area contributed by atoms with Gasteiger partial charge in [0.1, 0.15) is 0 Å². The molecule has 140 valence electrons. The van der Waals surface area contributed by atoms with Gasteiger partial charge in [-0.1, -0.05) is 6.07 Å². The minimum absolute atomic E-state index is 0.00949. The first-order chi connectivity index (χ1) is 11.8. The topological polar surface area (TPSA) is 111 Å². The minimum Gasteiger partial charge on any atom is -0.466 e. The lowest BCUT2D eigenvalue weighted by atomic mass is 10.1. The number of carbonyl (C=O) groups is 2. The SMILES string of the molecule is CCOC(=O)CCNC(=O)c1cc(S(=O)(=O)NCCOC)ccc1C. The molecule has 9 heteroatoms. The van der Waals surface area contributed by atoms with Gasteiger partial charge >= 0.3 is 5.97 Å². The molecule has 1 aromatic carbocycles. The van der Waals surface area contributed by atoms with Crippen LogP contribution in [0.15, 0.2) is 23.1 Å². The maximum absolute atomic E-state index is 12.2. The lowest BCUT2D eigenvalue weighted by Crippen LogP contribution is -2.29. The van der Waals surface area contributed by atoms with Crippen molar-refractivity contribution in [3.8, 4) is 0 Å². The summed E-state index contributed by atoms with van der Waals surface area (Å²) in [5, 5.41) is 2.59. The Balaban J connectivity index is 2.80. The Morgan fingerprint density at radius 1 is 1.20 bits per heavy atom. The largest absolute Gasteiger partial charge is 0.466 e. The third-order valence-corrected chi connectivity index (χ3v) is 4.74. The lowest BCUT2D eigenvalue weighted by molar-refractivity contribution is -0.142. The quantitative estimate of drug-likeness (QED) is 0.460. The van der Waals surface area contributed by atoms with Gasteiger partial charge in [0.15, 0.2) is 0 Å². The second-order valence-corrected chi connectivity index (χ2v) is 6.95. The van der Waals surface area contributed by atoms with E-state index in [0.29, 0.717) is 5.56 Å². The Morgan fingerprint density at radius 2 is 1.92 bits per heavy atom. The summed E-state index contributed by atoms with van der Waals surface area (Å²) in [6.45, 7) is 4.17. The molecule has 0 aliphatic rings. The van der Waals surface area contributed by atoms with Crippen molar-refractivity contribution in [3.63, 3.8) is 0 Å². The van der Waals surface area contributed by atoms with Crippen LogP contribution in [0.2, 0.25) is 0 Å². The summed E-state index contributed by atoms with van der Waals surface area (Å²) in [5.74, 6) is -0.853. The van der Waals surface area contributed by atoms with Crippen LogP contribution < -0.4 is 10.0 Å².